The number of unbranched alkanes of at least 4 members (excludes halogenated alkanes) is 1. The average molecular weight is 275 g/mol. The van der Waals surface area contributed by atoms with Crippen molar-refractivity contribution in [3.05, 3.63) is 28.0 Å². The summed E-state index contributed by atoms with van der Waals surface area (Å²) in [5.41, 5.74) is 2.54. The Balaban J connectivity index is 2.42. The molecule has 0 spiro atoms. The summed E-state index contributed by atoms with van der Waals surface area (Å²) in [6, 6.07) is 4.20. The lowest BCUT2D eigenvalue weighted by Gasteiger charge is -2.00. The van der Waals surface area contributed by atoms with Crippen LogP contribution in [0.15, 0.2) is 16.7 Å². The number of nitrogens with zero attached hydrogens (tertiary/aromatic N) is 1. The Morgan fingerprint density at radius 2 is 2.21 bits per heavy atom. The van der Waals surface area contributed by atoms with Crippen LogP contribution in [-0.4, -0.2) is 10.7 Å². The second kappa shape index (κ2) is 6.46. The summed E-state index contributed by atoms with van der Waals surface area (Å²) >= 11 is 4.90. The van der Waals surface area contributed by atoms with Crippen LogP contribution in [0.5, 0.6) is 0 Å². The normalized spacial score (nSPS) is 10.5. The molecular formula is C11H17BrNS+. The number of hydrogen-bond donors (Lipinski definition) is 0. The second-order valence-corrected chi connectivity index (χ2v) is 5.36. The van der Waals surface area contributed by atoms with Crippen LogP contribution in [0, 0.1) is 6.92 Å². The molecule has 1 aromatic heterocycles. The zero-order valence-corrected chi connectivity index (χ0v) is 11.2. The predicted molar refractivity (Wildman–Crippen MR) is 68.9 cm³/mol. The van der Waals surface area contributed by atoms with Crippen LogP contribution < -0.4 is 0 Å². The molecule has 1 heterocycles. The Kier molecular flexibility index (Phi) is 5.56. The molecule has 0 aliphatic carbocycles. The molecular weight excluding hydrogens is 258 g/mol. The number of hydrogen-bond acceptors (Lipinski definition) is 1. The van der Waals surface area contributed by atoms with E-state index in [9.17, 15) is 0 Å². The zero-order valence-electron chi connectivity index (χ0n) is 8.76. The number of aromatic nitrogens is 1. The van der Waals surface area contributed by atoms with E-state index in [4.69, 9.17) is 0 Å². The van der Waals surface area contributed by atoms with E-state index in [2.05, 4.69) is 40.8 Å². The Morgan fingerprint density at radius 3 is 2.86 bits per heavy atom. The summed E-state index contributed by atoms with van der Waals surface area (Å²) < 4.78 is 0.934. The molecule has 0 atom stereocenters. The molecule has 0 bridgehead atoms. The lowest BCUT2D eigenvalue weighted by molar-refractivity contribution is 0.895. The maximum Gasteiger partial charge on any atom is 0.132 e. The molecule has 0 aromatic carbocycles. The third kappa shape index (κ3) is 4.01. The van der Waals surface area contributed by atoms with Gasteiger partial charge in [0, 0.05) is 11.3 Å². The van der Waals surface area contributed by atoms with Crippen molar-refractivity contribution in [2.24, 2.45) is 0 Å². The highest BCUT2D eigenvalue weighted by Gasteiger charge is 2.04. The van der Waals surface area contributed by atoms with Gasteiger partial charge >= 0.3 is 0 Å². The van der Waals surface area contributed by atoms with Crippen molar-refractivity contribution < 1.29 is 0 Å². The molecule has 1 aromatic rings. The monoisotopic (exact) mass is 274 g/mol. The third-order valence-electron chi connectivity index (χ3n) is 2.11. The van der Waals surface area contributed by atoms with Crippen molar-refractivity contribution in [2.75, 3.05) is 5.75 Å². The summed E-state index contributed by atoms with van der Waals surface area (Å²) in [5.74, 6) is 2.46. The summed E-state index contributed by atoms with van der Waals surface area (Å²) in [6.07, 6.45) is 2.63. The van der Waals surface area contributed by atoms with Gasteiger partial charge in [0.25, 0.3) is 0 Å². The highest BCUT2D eigenvalue weighted by molar-refractivity contribution is 9.10. The smallest absolute Gasteiger partial charge is 0.132 e. The molecule has 14 heavy (non-hydrogen) atoms. The van der Waals surface area contributed by atoms with Gasteiger partial charge in [0.05, 0.1) is 0 Å². The number of pyridine rings is 1. The van der Waals surface area contributed by atoms with Crippen LogP contribution in [0.2, 0.25) is 0 Å². The van der Waals surface area contributed by atoms with Crippen molar-refractivity contribution in [1.82, 2.24) is 4.98 Å². The topological polar surface area (TPSA) is 12.9 Å². The van der Waals surface area contributed by atoms with E-state index < -0.39 is 0 Å². The zero-order chi connectivity index (χ0) is 10.4. The van der Waals surface area contributed by atoms with Crippen molar-refractivity contribution in [1.29, 1.82) is 0 Å². The number of rotatable bonds is 5. The SMILES string of the molecule is CCCC[SH+]Cc1ccc(Br)nc1C. The van der Waals surface area contributed by atoms with Gasteiger partial charge in [-0.2, -0.15) is 0 Å². The van der Waals surface area contributed by atoms with E-state index in [0.717, 1.165) is 16.0 Å². The quantitative estimate of drug-likeness (QED) is 0.348. The Hall–Kier alpha value is -0.0200. The second-order valence-electron chi connectivity index (χ2n) is 3.34. The Labute approximate surface area is 98.8 Å². The summed E-state index contributed by atoms with van der Waals surface area (Å²) in [4.78, 5) is 4.38. The molecule has 0 saturated heterocycles. The fraction of sp³-hybridized carbons (Fsp3) is 0.545. The molecule has 3 heteroatoms. The van der Waals surface area contributed by atoms with E-state index in [0.29, 0.717) is 0 Å². The van der Waals surface area contributed by atoms with E-state index >= 15 is 0 Å². The van der Waals surface area contributed by atoms with Gasteiger partial charge in [-0.05, 0) is 53.2 Å². The van der Waals surface area contributed by atoms with Crippen LogP contribution in [0.25, 0.3) is 0 Å². The molecule has 0 fully saturated rings. The van der Waals surface area contributed by atoms with Gasteiger partial charge in [-0.25, -0.2) is 4.98 Å². The van der Waals surface area contributed by atoms with E-state index in [1.54, 1.807) is 0 Å². The van der Waals surface area contributed by atoms with Crippen molar-refractivity contribution in [3.8, 4) is 0 Å². The standard InChI is InChI=1S/C11H16BrNS/c1-3-4-7-14-8-10-5-6-11(12)13-9(10)2/h5-6H,3-4,7-8H2,1-2H3/p+1. The summed E-state index contributed by atoms with van der Waals surface area (Å²) in [7, 11) is 0. The van der Waals surface area contributed by atoms with Crippen molar-refractivity contribution in [2.45, 2.75) is 32.4 Å². The van der Waals surface area contributed by atoms with E-state index in [1.165, 1.54) is 35.9 Å². The fourth-order valence-corrected chi connectivity index (χ4v) is 2.87. The van der Waals surface area contributed by atoms with Crippen LogP contribution in [0.1, 0.15) is 31.0 Å². The average Bonchev–Trinajstić information content (AvgIpc) is 2.15. The molecule has 0 N–H and O–H groups in total. The number of aryl methyl sites for hydroxylation is 1. The van der Waals surface area contributed by atoms with Gasteiger partial charge < -0.3 is 0 Å². The Bertz CT molecular complexity index is 289. The van der Waals surface area contributed by atoms with Gasteiger partial charge in [-0.3, -0.25) is 0 Å². The molecule has 0 radical (unpaired) electrons. The number of halogens is 1. The first-order valence-electron chi connectivity index (χ1n) is 4.99. The minimum Gasteiger partial charge on any atom is -0.246 e. The minimum atomic E-state index is 0.934. The molecule has 78 valence electrons. The van der Waals surface area contributed by atoms with Crippen LogP contribution in [-0.2, 0) is 17.5 Å². The molecule has 0 aliphatic heterocycles. The van der Waals surface area contributed by atoms with Crippen molar-refractivity contribution >= 4 is 27.7 Å². The van der Waals surface area contributed by atoms with E-state index in [1.807, 2.05) is 6.07 Å². The molecule has 0 unspecified atom stereocenters. The van der Waals surface area contributed by atoms with Gasteiger partial charge in [0.2, 0.25) is 0 Å². The maximum atomic E-state index is 4.38. The maximum absolute atomic E-state index is 4.38. The van der Waals surface area contributed by atoms with Crippen molar-refractivity contribution in [3.63, 3.8) is 0 Å². The first-order valence-corrected chi connectivity index (χ1v) is 7.05. The third-order valence-corrected chi connectivity index (χ3v) is 3.75. The lowest BCUT2D eigenvalue weighted by Crippen LogP contribution is -1.97. The first kappa shape index (κ1) is 12.1. The van der Waals surface area contributed by atoms with Gasteiger partial charge in [-0.15, -0.1) is 0 Å². The minimum absolute atomic E-state index is 0.934. The van der Waals surface area contributed by atoms with Gasteiger partial charge in [0.15, 0.2) is 0 Å². The highest BCUT2D eigenvalue weighted by Crippen LogP contribution is 2.12. The molecule has 0 saturated carbocycles. The fourth-order valence-electron chi connectivity index (χ4n) is 1.20. The largest absolute Gasteiger partial charge is 0.246 e. The molecule has 1 rings (SSSR count). The summed E-state index contributed by atoms with van der Waals surface area (Å²) in [5, 5.41) is 0. The number of thiol groups is 1. The Morgan fingerprint density at radius 1 is 1.43 bits per heavy atom. The lowest BCUT2D eigenvalue weighted by atomic mass is 10.2. The van der Waals surface area contributed by atoms with E-state index in [-0.39, 0.29) is 0 Å². The molecule has 0 aliphatic rings. The molecule has 0 amide bonds. The van der Waals surface area contributed by atoms with Gasteiger partial charge in [0.1, 0.15) is 16.1 Å². The summed E-state index contributed by atoms with van der Waals surface area (Å²) in [6.45, 7) is 4.32. The van der Waals surface area contributed by atoms with Crippen LogP contribution in [0.3, 0.4) is 0 Å². The first-order chi connectivity index (χ1) is 6.74. The van der Waals surface area contributed by atoms with Gasteiger partial charge in [-0.1, -0.05) is 13.3 Å². The molecule has 1 nitrogen and oxygen atoms in total. The van der Waals surface area contributed by atoms with Crippen LogP contribution in [0.4, 0.5) is 0 Å². The van der Waals surface area contributed by atoms with Crippen LogP contribution >= 0.6 is 15.9 Å². The predicted octanol–water partition coefficient (Wildman–Crippen LogP) is 3.27. The highest BCUT2D eigenvalue weighted by atomic mass is 79.9.